The topological polar surface area (TPSA) is 38.0 Å². The molecule has 0 aromatic heterocycles. The Labute approximate surface area is 98.8 Å². The van der Waals surface area contributed by atoms with Gasteiger partial charge in [0.1, 0.15) is 0 Å². The van der Waals surface area contributed by atoms with Gasteiger partial charge in [-0.2, -0.15) is 11.8 Å². The highest BCUT2D eigenvalue weighted by molar-refractivity contribution is 7.98. The van der Waals surface area contributed by atoms with Crippen LogP contribution < -0.4 is 11.1 Å². The Hall–Kier alpha value is 0.270. The molecular formula is C12H26N2S. The van der Waals surface area contributed by atoms with Gasteiger partial charge in [0.05, 0.1) is 0 Å². The molecule has 2 nitrogen and oxygen atoms in total. The third-order valence-electron chi connectivity index (χ3n) is 3.40. The molecule has 1 aliphatic rings. The highest BCUT2D eigenvalue weighted by atomic mass is 32.2. The number of thioether (sulfide) groups is 1. The highest BCUT2D eigenvalue weighted by Crippen LogP contribution is 2.28. The van der Waals surface area contributed by atoms with Crippen LogP contribution in [0.1, 0.15) is 38.5 Å². The van der Waals surface area contributed by atoms with Crippen LogP contribution >= 0.6 is 11.8 Å². The van der Waals surface area contributed by atoms with Gasteiger partial charge in [0.25, 0.3) is 0 Å². The molecule has 0 radical (unpaired) electrons. The second-order valence-corrected chi connectivity index (χ2v) is 5.59. The maximum absolute atomic E-state index is 5.75. The maximum Gasteiger partial charge on any atom is 0.0190 e. The molecule has 0 spiro atoms. The van der Waals surface area contributed by atoms with Gasteiger partial charge in [-0.25, -0.2) is 0 Å². The van der Waals surface area contributed by atoms with Gasteiger partial charge in [-0.1, -0.05) is 19.3 Å². The normalized spacial score (nSPS) is 18.8. The van der Waals surface area contributed by atoms with E-state index in [2.05, 4.69) is 11.6 Å². The van der Waals surface area contributed by atoms with E-state index in [0.29, 0.717) is 6.04 Å². The van der Waals surface area contributed by atoms with Crippen LogP contribution in [0.5, 0.6) is 0 Å². The first-order chi connectivity index (χ1) is 7.36. The summed E-state index contributed by atoms with van der Waals surface area (Å²) in [4.78, 5) is 0. The smallest absolute Gasteiger partial charge is 0.0190 e. The number of nitrogens with two attached hydrogens (primary N) is 1. The Balaban J connectivity index is 1.94. The molecule has 0 amide bonds. The maximum atomic E-state index is 5.75. The van der Waals surface area contributed by atoms with Crippen molar-refractivity contribution in [2.24, 2.45) is 11.7 Å². The molecule has 3 heteroatoms. The molecule has 0 saturated heterocycles. The lowest BCUT2D eigenvalue weighted by Gasteiger charge is -2.26. The largest absolute Gasteiger partial charge is 0.329 e. The molecule has 1 rings (SSSR count). The summed E-state index contributed by atoms with van der Waals surface area (Å²) < 4.78 is 0. The van der Waals surface area contributed by atoms with Crippen LogP contribution in [0, 0.1) is 5.92 Å². The standard InChI is InChI=1S/C12H26N2S/c1-15-9-3-6-12(10-13)14-8-7-11-4-2-5-11/h11-12,14H,2-10,13H2,1H3. The quantitative estimate of drug-likeness (QED) is 0.597. The molecule has 0 aliphatic heterocycles. The van der Waals surface area contributed by atoms with Crippen LogP contribution in [-0.4, -0.2) is 31.1 Å². The van der Waals surface area contributed by atoms with E-state index in [1.54, 1.807) is 0 Å². The summed E-state index contributed by atoms with van der Waals surface area (Å²) in [7, 11) is 0. The van der Waals surface area contributed by atoms with Crippen molar-refractivity contribution in [3.8, 4) is 0 Å². The molecule has 90 valence electrons. The second kappa shape index (κ2) is 8.43. The Morgan fingerprint density at radius 1 is 1.47 bits per heavy atom. The molecule has 0 aromatic rings. The predicted octanol–water partition coefficient (Wildman–Crippen LogP) is 2.24. The van der Waals surface area contributed by atoms with Crippen molar-refractivity contribution < 1.29 is 0 Å². The van der Waals surface area contributed by atoms with Crippen molar-refractivity contribution in [3.05, 3.63) is 0 Å². The van der Waals surface area contributed by atoms with Gasteiger partial charge < -0.3 is 11.1 Å². The Morgan fingerprint density at radius 3 is 2.80 bits per heavy atom. The monoisotopic (exact) mass is 230 g/mol. The van der Waals surface area contributed by atoms with Gasteiger partial charge in [-0.05, 0) is 43.7 Å². The Kier molecular flexibility index (Phi) is 7.49. The average Bonchev–Trinajstić information content (AvgIpc) is 2.19. The minimum absolute atomic E-state index is 0.553. The zero-order chi connectivity index (χ0) is 10.9. The van der Waals surface area contributed by atoms with Crippen LogP contribution in [0.25, 0.3) is 0 Å². The molecule has 15 heavy (non-hydrogen) atoms. The van der Waals surface area contributed by atoms with Crippen molar-refractivity contribution in [2.75, 3.05) is 25.1 Å². The third-order valence-corrected chi connectivity index (χ3v) is 4.09. The summed E-state index contributed by atoms with van der Waals surface area (Å²) in [5.41, 5.74) is 5.75. The lowest BCUT2D eigenvalue weighted by Crippen LogP contribution is -2.37. The first-order valence-corrected chi connectivity index (χ1v) is 7.68. The highest BCUT2D eigenvalue weighted by Gasteiger charge is 2.16. The molecule has 0 aromatic carbocycles. The van der Waals surface area contributed by atoms with E-state index >= 15 is 0 Å². The van der Waals surface area contributed by atoms with Gasteiger partial charge in [0.15, 0.2) is 0 Å². The Bertz CT molecular complexity index is 149. The van der Waals surface area contributed by atoms with Crippen LogP contribution in [0.15, 0.2) is 0 Å². The summed E-state index contributed by atoms with van der Waals surface area (Å²) >= 11 is 1.93. The molecule has 1 aliphatic carbocycles. The molecule has 1 saturated carbocycles. The molecule has 1 unspecified atom stereocenters. The number of hydrogen-bond acceptors (Lipinski definition) is 3. The van der Waals surface area contributed by atoms with Crippen molar-refractivity contribution in [1.82, 2.24) is 5.32 Å². The summed E-state index contributed by atoms with van der Waals surface area (Å²) in [5.74, 6) is 2.28. The lowest BCUT2D eigenvalue weighted by molar-refractivity contribution is 0.286. The van der Waals surface area contributed by atoms with Crippen molar-refractivity contribution in [3.63, 3.8) is 0 Å². The van der Waals surface area contributed by atoms with E-state index in [9.17, 15) is 0 Å². The Morgan fingerprint density at radius 2 is 2.27 bits per heavy atom. The van der Waals surface area contributed by atoms with Gasteiger partial charge in [-0.15, -0.1) is 0 Å². The van der Waals surface area contributed by atoms with Gasteiger partial charge in [0.2, 0.25) is 0 Å². The minimum Gasteiger partial charge on any atom is -0.329 e. The first-order valence-electron chi connectivity index (χ1n) is 6.29. The van der Waals surface area contributed by atoms with E-state index < -0.39 is 0 Å². The van der Waals surface area contributed by atoms with Crippen LogP contribution in [0.2, 0.25) is 0 Å². The van der Waals surface area contributed by atoms with E-state index in [4.69, 9.17) is 5.73 Å². The molecule has 0 bridgehead atoms. The summed E-state index contributed by atoms with van der Waals surface area (Å²) in [6.07, 6.45) is 10.4. The fourth-order valence-corrected chi connectivity index (χ4v) is 2.51. The van der Waals surface area contributed by atoms with Gasteiger partial charge in [-0.3, -0.25) is 0 Å². The summed E-state index contributed by atoms with van der Waals surface area (Å²) in [6, 6.07) is 0.553. The molecule has 1 atom stereocenters. The SMILES string of the molecule is CSCCCC(CN)NCCC1CCC1. The van der Waals surface area contributed by atoms with Crippen molar-refractivity contribution in [2.45, 2.75) is 44.6 Å². The minimum atomic E-state index is 0.553. The van der Waals surface area contributed by atoms with Crippen molar-refractivity contribution >= 4 is 11.8 Å². The average molecular weight is 230 g/mol. The van der Waals surface area contributed by atoms with E-state index in [1.807, 2.05) is 11.8 Å². The van der Waals surface area contributed by atoms with Gasteiger partial charge >= 0.3 is 0 Å². The zero-order valence-corrected chi connectivity index (χ0v) is 10.8. The molecule has 3 N–H and O–H groups in total. The van der Waals surface area contributed by atoms with Crippen LogP contribution in [0.4, 0.5) is 0 Å². The van der Waals surface area contributed by atoms with Crippen LogP contribution in [-0.2, 0) is 0 Å². The predicted molar refractivity (Wildman–Crippen MR) is 70.4 cm³/mol. The molecule has 0 heterocycles. The number of rotatable bonds is 9. The first kappa shape index (κ1) is 13.3. The van der Waals surface area contributed by atoms with E-state index in [0.717, 1.165) is 12.5 Å². The lowest BCUT2D eigenvalue weighted by atomic mass is 9.83. The van der Waals surface area contributed by atoms with E-state index in [-0.39, 0.29) is 0 Å². The fraction of sp³-hybridized carbons (Fsp3) is 1.00. The van der Waals surface area contributed by atoms with Crippen molar-refractivity contribution in [1.29, 1.82) is 0 Å². The van der Waals surface area contributed by atoms with E-state index in [1.165, 1.54) is 50.8 Å². The number of hydrogen-bond donors (Lipinski definition) is 2. The summed E-state index contributed by atoms with van der Waals surface area (Å²) in [6.45, 7) is 1.96. The molecule has 1 fully saturated rings. The summed E-state index contributed by atoms with van der Waals surface area (Å²) in [5, 5.41) is 3.59. The second-order valence-electron chi connectivity index (χ2n) is 4.61. The van der Waals surface area contributed by atoms with Crippen LogP contribution in [0.3, 0.4) is 0 Å². The number of nitrogens with one attached hydrogen (secondary N) is 1. The fourth-order valence-electron chi connectivity index (χ4n) is 2.05. The zero-order valence-electron chi connectivity index (χ0n) is 10.0. The third kappa shape index (κ3) is 5.79. The van der Waals surface area contributed by atoms with Gasteiger partial charge in [0, 0.05) is 12.6 Å². The molecular weight excluding hydrogens is 204 g/mol.